The summed E-state index contributed by atoms with van der Waals surface area (Å²) in [7, 11) is 0. The van der Waals surface area contributed by atoms with Gasteiger partial charge < -0.3 is 9.47 Å². The molecule has 2 aromatic heterocycles. The number of fused-ring (bicyclic) bond motifs is 9. The summed E-state index contributed by atoms with van der Waals surface area (Å²) in [6.07, 6.45) is 0. The molecule has 2 nitrogen and oxygen atoms in total. The van der Waals surface area contributed by atoms with Crippen molar-refractivity contribution in [2.45, 2.75) is 0 Å². The van der Waals surface area contributed by atoms with Gasteiger partial charge in [-0.1, -0.05) is 164 Å². The largest absolute Gasteiger partial charge is 0.309 e. The van der Waals surface area contributed by atoms with Crippen LogP contribution in [0.3, 0.4) is 0 Å². The van der Waals surface area contributed by atoms with Gasteiger partial charge in [0.15, 0.2) is 0 Å². The van der Waals surface area contributed by atoms with E-state index in [1.54, 1.807) is 0 Å². The Labute approximate surface area is 346 Å². The van der Waals surface area contributed by atoms with Crippen molar-refractivity contribution in [2.75, 3.05) is 4.90 Å². The van der Waals surface area contributed by atoms with Gasteiger partial charge in [0.2, 0.25) is 0 Å². The van der Waals surface area contributed by atoms with Crippen molar-refractivity contribution >= 4 is 91.9 Å². The molecular formula is C56H36N2S. The second-order valence-corrected chi connectivity index (χ2v) is 16.3. The zero-order chi connectivity index (χ0) is 38.9. The molecule has 10 aromatic carbocycles. The van der Waals surface area contributed by atoms with Crippen LogP contribution in [0.4, 0.5) is 17.1 Å². The summed E-state index contributed by atoms with van der Waals surface area (Å²) in [6.45, 7) is 0. The van der Waals surface area contributed by atoms with E-state index in [0.29, 0.717) is 0 Å². The van der Waals surface area contributed by atoms with E-state index >= 15 is 0 Å². The van der Waals surface area contributed by atoms with E-state index in [1.807, 2.05) is 11.3 Å². The summed E-state index contributed by atoms with van der Waals surface area (Å²) in [4.78, 5) is 2.42. The third kappa shape index (κ3) is 5.47. The van der Waals surface area contributed by atoms with Gasteiger partial charge in [-0.2, -0.15) is 0 Å². The molecule has 0 aliphatic rings. The summed E-state index contributed by atoms with van der Waals surface area (Å²) in [5.74, 6) is 0. The Morgan fingerprint density at radius 3 is 1.68 bits per heavy atom. The third-order valence-electron chi connectivity index (χ3n) is 12.0. The average molecular weight is 769 g/mol. The van der Waals surface area contributed by atoms with Crippen LogP contribution in [-0.2, 0) is 0 Å². The number of para-hydroxylation sites is 1. The average Bonchev–Trinajstić information content (AvgIpc) is 3.86. The van der Waals surface area contributed by atoms with Crippen LogP contribution in [0.15, 0.2) is 218 Å². The highest BCUT2D eigenvalue weighted by Gasteiger charge is 2.19. The fraction of sp³-hybridized carbons (Fsp3) is 0. The second kappa shape index (κ2) is 13.6. The second-order valence-electron chi connectivity index (χ2n) is 15.3. The fourth-order valence-corrected chi connectivity index (χ4v) is 10.4. The minimum atomic E-state index is 1.12. The first-order chi connectivity index (χ1) is 29.3. The van der Waals surface area contributed by atoms with Crippen LogP contribution in [0.1, 0.15) is 0 Å². The molecule has 0 radical (unpaired) electrons. The zero-order valence-electron chi connectivity index (χ0n) is 32.1. The van der Waals surface area contributed by atoms with Gasteiger partial charge in [0.25, 0.3) is 0 Å². The van der Waals surface area contributed by atoms with Crippen LogP contribution in [0.25, 0.3) is 91.5 Å². The molecule has 0 aliphatic carbocycles. The third-order valence-corrected chi connectivity index (χ3v) is 13.2. The van der Waals surface area contributed by atoms with Crippen molar-refractivity contribution in [3.8, 4) is 27.9 Å². The molecule has 2 heterocycles. The van der Waals surface area contributed by atoms with Gasteiger partial charge in [0.05, 0.1) is 21.4 Å². The Morgan fingerprint density at radius 2 is 0.915 bits per heavy atom. The van der Waals surface area contributed by atoms with E-state index in [0.717, 1.165) is 17.1 Å². The molecule has 0 fully saturated rings. The highest BCUT2D eigenvalue weighted by molar-refractivity contribution is 7.26. The maximum absolute atomic E-state index is 2.43. The lowest BCUT2D eigenvalue weighted by Crippen LogP contribution is -2.10. The topological polar surface area (TPSA) is 8.17 Å². The Kier molecular flexibility index (Phi) is 7.75. The number of thiophene rings is 1. The molecule has 276 valence electrons. The molecule has 0 atom stereocenters. The maximum atomic E-state index is 2.43. The standard InChI is InChI=1S/C56H36N2S/c1-3-14-45-39(11-1)13-9-18-46(45)41-27-34-43(35-28-41)57(53-21-10-19-51-49-17-6-8-22-54(49)59-56(51)53)42-30-23-37(24-31-42)38-25-32-44(33-26-38)58-52-20-7-5-16-48(52)50-36-29-40-12-2-4-15-47(40)55(50)58/h1-36H. The first-order valence-electron chi connectivity index (χ1n) is 20.2. The van der Waals surface area contributed by atoms with Crippen LogP contribution in [-0.4, -0.2) is 4.57 Å². The Hall–Kier alpha value is -7.46. The highest BCUT2D eigenvalue weighted by atomic mass is 32.1. The molecule has 59 heavy (non-hydrogen) atoms. The predicted octanol–water partition coefficient (Wildman–Crippen LogP) is 16.3. The predicted molar refractivity (Wildman–Crippen MR) is 254 cm³/mol. The van der Waals surface area contributed by atoms with E-state index in [1.165, 1.54) is 91.5 Å². The molecule has 0 spiro atoms. The number of hydrogen-bond donors (Lipinski definition) is 0. The van der Waals surface area contributed by atoms with Crippen molar-refractivity contribution in [1.29, 1.82) is 0 Å². The van der Waals surface area contributed by atoms with E-state index in [4.69, 9.17) is 0 Å². The molecule has 0 saturated carbocycles. The van der Waals surface area contributed by atoms with Crippen LogP contribution >= 0.6 is 11.3 Å². The molecule has 0 amide bonds. The summed E-state index contributed by atoms with van der Waals surface area (Å²) in [5.41, 5.74) is 11.9. The van der Waals surface area contributed by atoms with Crippen LogP contribution in [0, 0.1) is 0 Å². The molecular weight excluding hydrogens is 733 g/mol. The Morgan fingerprint density at radius 1 is 0.356 bits per heavy atom. The van der Waals surface area contributed by atoms with Crippen LogP contribution in [0.5, 0.6) is 0 Å². The van der Waals surface area contributed by atoms with Crippen molar-refractivity contribution < 1.29 is 0 Å². The van der Waals surface area contributed by atoms with Gasteiger partial charge in [-0.3, -0.25) is 0 Å². The number of anilines is 3. The lowest BCUT2D eigenvalue weighted by molar-refractivity contribution is 1.19. The fourth-order valence-electron chi connectivity index (χ4n) is 9.21. The number of aromatic nitrogens is 1. The molecule has 0 bridgehead atoms. The van der Waals surface area contributed by atoms with Gasteiger partial charge in [-0.25, -0.2) is 0 Å². The Bertz CT molecular complexity index is 3530. The van der Waals surface area contributed by atoms with Crippen molar-refractivity contribution in [2.24, 2.45) is 0 Å². The normalized spacial score (nSPS) is 11.7. The molecule has 0 aliphatic heterocycles. The van der Waals surface area contributed by atoms with Crippen molar-refractivity contribution in [3.63, 3.8) is 0 Å². The summed E-state index contributed by atoms with van der Waals surface area (Å²) >= 11 is 1.87. The number of rotatable bonds is 6. The minimum Gasteiger partial charge on any atom is -0.309 e. The molecule has 0 unspecified atom stereocenters. The SMILES string of the molecule is c1ccc2c(-c3ccc(N(c4ccc(-c5ccc(-n6c7ccccc7c7ccc8ccccc8c76)cc5)cc4)c4cccc5c4sc4ccccc45)cc3)cccc2c1. The minimum absolute atomic E-state index is 1.12. The molecule has 0 N–H and O–H groups in total. The summed E-state index contributed by atoms with van der Waals surface area (Å²) in [5, 5.41) is 10.2. The first-order valence-corrected chi connectivity index (χ1v) is 21.0. The Balaban J connectivity index is 0.948. The van der Waals surface area contributed by atoms with Crippen molar-refractivity contribution in [3.05, 3.63) is 218 Å². The smallest absolute Gasteiger partial charge is 0.0640 e. The van der Waals surface area contributed by atoms with E-state index in [-0.39, 0.29) is 0 Å². The van der Waals surface area contributed by atoms with Crippen LogP contribution < -0.4 is 4.90 Å². The summed E-state index contributed by atoms with van der Waals surface area (Å²) in [6, 6.07) is 79.9. The maximum Gasteiger partial charge on any atom is 0.0640 e. The van der Waals surface area contributed by atoms with Crippen LogP contribution in [0.2, 0.25) is 0 Å². The van der Waals surface area contributed by atoms with Gasteiger partial charge in [0.1, 0.15) is 0 Å². The lowest BCUT2D eigenvalue weighted by atomic mass is 9.98. The van der Waals surface area contributed by atoms with Crippen molar-refractivity contribution in [1.82, 2.24) is 4.57 Å². The number of hydrogen-bond acceptors (Lipinski definition) is 2. The van der Waals surface area contributed by atoms with Gasteiger partial charge >= 0.3 is 0 Å². The number of nitrogens with zero attached hydrogens (tertiary/aromatic N) is 2. The quantitative estimate of drug-likeness (QED) is 0.164. The number of benzene rings is 10. The highest BCUT2D eigenvalue weighted by Crippen LogP contribution is 2.45. The molecule has 12 rings (SSSR count). The summed E-state index contributed by atoms with van der Waals surface area (Å²) < 4.78 is 5.01. The van der Waals surface area contributed by atoms with Gasteiger partial charge in [-0.05, 0) is 93.0 Å². The van der Waals surface area contributed by atoms with E-state index in [2.05, 4.69) is 228 Å². The van der Waals surface area contributed by atoms with Gasteiger partial charge in [-0.15, -0.1) is 11.3 Å². The molecule has 12 aromatic rings. The zero-order valence-corrected chi connectivity index (χ0v) is 32.9. The first kappa shape index (κ1) is 33.7. The molecule has 3 heteroatoms. The van der Waals surface area contributed by atoms with E-state index in [9.17, 15) is 0 Å². The lowest BCUT2D eigenvalue weighted by Gasteiger charge is -2.26. The monoisotopic (exact) mass is 768 g/mol. The van der Waals surface area contributed by atoms with Gasteiger partial charge in [0, 0.05) is 48.7 Å². The molecule has 0 saturated heterocycles. The van der Waals surface area contributed by atoms with E-state index < -0.39 is 0 Å².